The van der Waals surface area contributed by atoms with Gasteiger partial charge in [0.15, 0.2) is 0 Å². The van der Waals surface area contributed by atoms with E-state index in [2.05, 4.69) is 6.58 Å². The SMILES string of the molecule is C=COC(=O)C(C)C1CCCCC1. The van der Waals surface area contributed by atoms with Crippen LogP contribution in [-0.2, 0) is 9.53 Å². The number of carbonyl (C=O) groups excluding carboxylic acids is 1. The average Bonchev–Trinajstić information content (AvgIpc) is 2.18. The van der Waals surface area contributed by atoms with Crippen LogP contribution in [0.4, 0.5) is 0 Å². The van der Waals surface area contributed by atoms with Crippen LogP contribution in [0, 0.1) is 11.8 Å². The minimum absolute atomic E-state index is 0.0401. The summed E-state index contributed by atoms with van der Waals surface area (Å²) in [6.07, 6.45) is 7.41. The van der Waals surface area contributed by atoms with Gasteiger partial charge in [-0.15, -0.1) is 0 Å². The molecule has 1 fully saturated rings. The summed E-state index contributed by atoms with van der Waals surface area (Å²) < 4.78 is 4.78. The van der Waals surface area contributed by atoms with Crippen molar-refractivity contribution in [2.75, 3.05) is 0 Å². The lowest BCUT2D eigenvalue weighted by Gasteiger charge is -2.25. The Balaban J connectivity index is 2.39. The fourth-order valence-electron chi connectivity index (χ4n) is 2.02. The third-order valence-corrected chi connectivity index (χ3v) is 2.93. The van der Waals surface area contributed by atoms with Crippen molar-refractivity contribution >= 4 is 5.97 Å². The summed E-state index contributed by atoms with van der Waals surface area (Å²) in [5.41, 5.74) is 0. The first kappa shape index (κ1) is 10.3. The summed E-state index contributed by atoms with van der Waals surface area (Å²) >= 11 is 0. The van der Waals surface area contributed by atoms with E-state index < -0.39 is 0 Å². The van der Waals surface area contributed by atoms with Gasteiger partial charge in [0.2, 0.25) is 0 Å². The van der Waals surface area contributed by atoms with Crippen molar-refractivity contribution in [3.63, 3.8) is 0 Å². The summed E-state index contributed by atoms with van der Waals surface area (Å²) in [6.45, 7) is 5.35. The largest absolute Gasteiger partial charge is 0.435 e. The van der Waals surface area contributed by atoms with E-state index in [1.54, 1.807) is 0 Å². The predicted molar refractivity (Wildman–Crippen MR) is 52.0 cm³/mol. The molecular weight excluding hydrogens is 164 g/mol. The molecule has 1 unspecified atom stereocenters. The molecule has 1 rings (SSSR count). The minimum Gasteiger partial charge on any atom is -0.435 e. The fraction of sp³-hybridized carbons (Fsp3) is 0.727. The number of ether oxygens (including phenoxy) is 1. The molecule has 0 aromatic carbocycles. The molecule has 13 heavy (non-hydrogen) atoms. The number of hydrogen-bond donors (Lipinski definition) is 0. The lowest BCUT2D eigenvalue weighted by atomic mass is 9.81. The van der Waals surface area contributed by atoms with Gasteiger partial charge in [-0.05, 0) is 18.8 Å². The molecule has 0 aromatic heterocycles. The van der Waals surface area contributed by atoms with Crippen molar-refractivity contribution in [2.24, 2.45) is 11.8 Å². The van der Waals surface area contributed by atoms with Crippen molar-refractivity contribution in [3.8, 4) is 0 Å². The molecule has 0 radical (unpaired) electrons. The maximum atomic E-state index is 11.3. The van der Waals surface area contributed by atoms with Crippen LogP contribution >= 0.6 is 0 Å². The Morgan fingerprint density at radius 3 is 2.62 bits per heavy atom. The van der Waals surface area contributed by atoms with Gasteiger partial charge in [-0.1, -0.05) is 32.8 Å². The summed E-state index contributed by atoms with van der Waals surface area (Å²) in [7, 11) is 0. The van der Waals surface area contributed by atoms with E-state index in [-0.39, 0.29) is 11.9 Å². The normalized spacial score (nSPS) is 20.7. The van der Waals surface area contributed by atoms with Gasteiger partial charge in [-0.2, -0.15) is 0 Å². The average molecular weight is 182 g/mol. The quantitative estimate of drug-likeness (QED) is 0.495. The molecule has 2 heteroatoms. The molecule has 1 aliphatic rings. The van der Waals surface area contributed by atoms with E-state index in [0.29, 0.717) is 5.92 Å². The molecule has 0 aromatic rings. The first-order chi connectivity index (χ1) is 6.25. The molecule has 1 atom stereocenters. The molecule has 0 aliphatic heterocycles. The number of rotatable bonds is 3. The lowest BCUT2D eigenvalue weighted by Crippen LogP contribution is -2.23. The molecule has 0 heterocycles. The highest BCUT2D eigenvalue weighted by Gasteiger charge is 2.26. The second kappa shape index (κ2) is 5.05. The zero-order chi connectivity index (χ0) is 9.68. The second-order valence-electron chi connectivity index (χ2n) is 3.79. The molecule has 0 amide bonds. The van der Waals surface area contributed by atoms with Crippen molar-refractivity contribution in [3.05, 3.63) is 12.8 Å². The third kappa shape index (κ3) is 2.87. The smallest absolute Gasteiger partial charge is 0.313 e. The molecule has 1 aliphatic carbocycles. The number of hydrogen-bond acceptors (Lipinski definition) is 2. The lowest BCUT2D eigenvalue weighted by molar-refractivity contribution is -0.144. The second-order valence-corrected chi connectivity index (χ2v) is 3.79. The third-order valence-electron chi connectivity index (χ3n) is 2.93. The van der Waals surface area contributed by atoms with Crippen LogP contribution in [0.3, 0.4) is 0 Å². The van der Waals surface area contributed by atoms with E-state index in [0.717, 1.165) is 0 Å². The molecular formula is C11H18O2. The Kier molecular flexibility index (Phi) is 4.00. The van der Waals surface area contributed by atoms with E-state index in [1.165, 1.54) is 38.4 Å². The van der Waals surface area contributed by atoms with Crippen LogP contribution in [0.2, 0.25) is 0 Å². The van der Waals surface area contributed by atoms with Gasteiger partial charge < -0.3 is 4.74 Å². The van der Waals surface area contributed by atoms with Gasteiger partial charge in [0, 0.05) is 0 Å². The van der Waals surface area contributed by atoms with E-state index >= 15 is 0 Å². The van der Waals surface area contributed by atoms with Crippen LogP contribution in [0.15, 0.2) is 12.8 Å². The molecule has 0 bridgehead atoms. The van der Waals surface area contributed by atoms with E-state index in [1.807, 2.05) is 6.92 Å². The summed E-state index contributed by atoms with van der Waals surface area (Å²) in [5.74, 6) is 0.446. The zero-order valence-corrected chi connectivity index (χ0v) is 8.29. The van der Waals surface area contributed by atoms with Crippen LogP contribution in [0.5, 0.6) is 0 Å². The van der Waals surface area contributed by atoms with E-state index in [4.69, 9.17) is 4.74 Å². The first-order valence-corrected chi connectivity index (χ1v) is 5.07. The Morgan fingerprint density at radius 1 is 1.46 bits per heavy atom. The molecule has 74 valence electrons. The van der Waals surface area contributed by atoms with E-state index in [9.17, 15) is 4.79 Å². The molecule has 1 saturated carbocycles. The standard InChI is InChI=1S/C11H18O2/c1-3-13-11(12)9(2)10-7-5-4-6-8-10/h3,9-10H,1,4-8H2,2H3. The number of carbonyl (C=O) groups is 1. The fourth-order valence-corrected chi connectivity index (χ4v) is 2.02. The van der Waals surface area contributed by atoms with Gasteiger partial charge >= 0.3 is 5.97 Å². The molecule has 0 saturated heterocycles. The highest BCUT2D eigenvalue weighted by atomic mass is 16.5. The minimum atomic E-state index is -0.123. The van der Waals surface area contributed by atoms with Gasteiger partial charge in [0.05, 0.1) is 12.2 Å². The van der Waals surface area contributed by atoms with Crippen LogP contribution in [-0.4, -0.2) is 5.97 Å². The van der Waals surface area contributed by atoms with Gasteiger partial charge in [-0.3, -0.25) is 4.79 Å². The summed E-state index contributed by atoms with van der Waals surface area (Å²) in [6, 6.07) is 0. The van der Waals surface area contributed by atoms with Crippen LogP contribution in [0.25, 0.3) is 0 Å². The molecule has 2 nitrogen and oxygen atoms in total. The van der Waals surface area contributed by atoms with Crippen molar-refractivity contribution in [1.29, 1.82) is 0 Å². The van der Waals surface area contributed by atoms with Crippen molar-refractivity contribution < 1.29 is 9.53 Å². The maximum Gasteiger partial charge on any atom is 0.313 e. The Labute approximate surface area is 80.0 Å². The Morgan fingerprint density at radius 2 is 2.08 bits per heavy atom. The Bertz CT molecular complexity index is 181. The monoisotopic (exact) mass is 182 g/mol. The predicted octanol–water partition coefficient (Wildman–Crippen LogP) is 2.89. The summed E-state index contributed by atoms with van der Waals surface area (Å²) in [5, 5.41) is 0. The highest BCUT2D eigenvalue weighted by molar-refractivity contribution is 5.72. The first-order valence-electron chi connectivity index (χ1n) is 5.07. The zero-order valence-electron chi connectivity index (χ0n) is 8.29. The highest BCUT2D eigenvalue weighted by Crippen LogP contribution is 2.30. The summed E-state index contributed by atoms with van der Waals surface area (Å²) in [4.78, 5) is 11.3. The topological polar surface area (TPSA) is 26.3 Å². The van der Waals surface area contributed by atoms with Gasteiger partial charge in [0.1, 0.15) is 0 Å². The number of esters is 1. The maximum absolute atomic E-state index is 11.3. The van der Waals surface area contributed by atoms with Crippen molar-refractivity contribution in [1.82, 2.24) is 0 Å². The van der Waals surface area contributed by atoms with Crippen molar-refractivity contribution in [2.45, 2.75) is 39.0 Å². The molecule has 0 N–H and O–H groups in total. The van der Waals surface area contributed by atoms with Crippen LogP contribution in [0.1, 0.15) is 39.0 Å². The molecule has 0 spiro atoms. The van der Waals surface area contributed by atoms with Gasteiger partial charge in [-0.25, -0.2) is 0 Å². The van der Waals surface area contributed by atoms with Gasteiger partial charge in [0.25, 0.3) is 0 Å². The van der Waals surface area contributed by atoms with Crippen LogP contribution < -0.4 is 0 Å². The Hall–Kier alpha value is -0.790.